The summed E-state index contributed by atoms with van der Waals surface area (Å²) >= 11 is 0. The molecule has 0 aromatic rings. The van der Waals surface area contributed by atoms with E-state index in [1.165, 1.54) is 0 Å². The average molecular weight is 173 g/mol. The Labute approximate surface area is 76.7 Å². The third kappa shape index (κ3) is 5.30. The zero-order chi connectivity index (χ0) is 9.02. The molecule has 0 radical (unpaired) electrons. The van der Waals surface area contributed by atoms with Crippen molar-refractivity contribution in [3.05, 3.63) is 0 Å². The molecule has 0 bridgehead atoms. The average Bonchev–Trinajstić information content (AvgIpc) is 1.84. The van der Waals surface area contributed by atoms with Gasteiger partial charge in [0.2, 0.25) is 0 Å². The van der Waals surface area contributed by atoms with Gasteiger partial charge in [-0.1, -0.05) is 35.1 Å². The van der Waals surface area contributed by atoms with Crippen LogP contribution in [0.2, 0.25) is 0 Å². The topological polar surface area (TPSA) is 29.1 Å². The van der Waals surface area contributed by atoms with Gasteiger partial charge in [-0.2, -0.15) is 0 Å². The van der Waals surface area contributed by atoms with Gasteiger partial charge in [-0.3, -0.25) is 4.79 Å². The first-order chi connectivity index (χ1) is 4.95. The lowest BCUT2D eigenvalue weighted by Crippen LogP contribution is -2.40. The summed E-state index contributed by atoms with van der Waals surface area (Å²) in [6.45, 7) is 9.87. The zero-order valence-electron chi connectivity index (χ0n) is 8.14. The van der Waals surface area contributed by atoms with Gasteiger partial charge in [0, 0.05) is 12.0 Å². The third-order valence-corrected chi connectivity index (χ3v) is 1.58. The lowest BCUT2D eigenvalue weighted by Gasteiger charge is -2.17. The summed E-state index contributed by atoms with van der Waals surface area (Å²) in [5.74, 6) is 0.426. The number of nitrogens with one attached hydrogen (secondary N) is 1. The number of rotatable bonds is 4. The highest BCUT2D eigenvalue weighted by atomic mass is 16.1. The molecule has 0 aromatic carbocycles. The second-order valence-electron chi connectivity index (χ2n) is 3.60. The van der Waals surface area contributed by atoms with Crippen LogP contribution in [0.25, 0.3) is 0 Å². The number of carbonyl (C=O) groups excluding carboxylic acids is 1. The normalized spacial score (nSPS) is 12.9. The fourth-order valence-electron chi connectivity index (χ4n) is 1.08. The van der Waals surface area contributed by atoms with Gasteiger partial charge in [-0.25, -0.2) is 0 Å². The van der Waals surface area contributed by atoms with E-state index in [1.807, 2.05) is 34.6 Å². The van der Waals surface area contributed by atoms with Crippen molar-refractivity contribution in [2.45, 2.75) is 54.1 Å². The highest BCUT2D eigenvalue weighted by molar-refractivity contribution is 5.85. The van der Waals surface area contributed by atoms with Gasteiger partial charge in [0.25, 0.3) is 0 Å². The van der Waals surface area contributed by atoms with Crippen LogP contribution >= 0.6 is 0 Å². The van der Waals surface area contributed by atoms with Crippen molar-refractivity contribution in [3.8, 4) is 0 Å². The van der Waals surface area contributed by atoms with E-state index in [0.717, 1.165) is 0 Å². The van der Waals surface area contributed by atoms with Crippen molar-refractivity contribution in [1.29, 1.82) is 0 Å². The van der Waals surface area contributed by atoms with E-state index < -0.39 is 0 Å². The summed E-state index contributed by atoms with van der Waals surface area (Å²) in [4.78, 5) is 11.3. The third-order valence-electron chi connectivity index (χ3n) is 1.58. The quantitative estimate of drug-likeness (QED) is 0.706. The summed E-state index contributed by atoms with van der Waals surface area (Å²) in [6, 6.07) is 0.377. The smallest absolute Gasteiger partial charge is 0.151 e. The van der Waals surface area contributed by atoms with E-state index in [1.54, 1.807) is 0 Å². The van der Waals surface area contributed by atoms with Gasteiger partial charge in [0.05, 0.1) is 6.04 Å². The molecule has 0 saturated heterocycles. The Morgan fingerprint density at radius 3 is 1.75 bits per heavy atom. The molecule has 2 heteroatoms. The monoisotopic (exact) mass is 173 g/mol. The first kappa shape index (κ1) is 14.2. The largest absolute Gasteiger partial charge is 0.305 e. The lowest BCUT2D eigenvalue weighted by molar-refractivity contribution is -0.123. The van der Waals surface area contributed by atoms with Crippen LogP contribution in [0.4, 0.5) is 0 Å². The number of hydrogen-bond donors (Lipinski definition) is 1. The number of carbonyl (C=O) groups is 1. The molecule has 0 amide bonds. The summed E-state index contributed by atoms with van der Waals surface area (Å²) in [7, 11) is 0. The van der Waals surface area contributed by atoms with Crippen LogP contribution in [-0.4, -0.2) is 17.9 Å². The molecule has 0 fully saturated rings. The molecule has 0 rings (SSSR count). The van der Waals surface area contributed by atoms with Crippen LogP contribution in [0.5, 0.6) is 0 Å². The Morgan fingerprint density at radius 1 is 1.08 bits per heavy atom. The second kappa shape index (κ2) is 6.18. The van der Waals surface area contributed by atoms with Crippen LogP contribution in [-0.2, 0) is 4.79 Å². The molecule has 12 heavy (non-hydrogen) atoms. The van der Waals surface area contributed by atoms with Gasteiger partial charge >= 0.3 is 0 Å². The van der Waals surface area contributed by atoms with Crippen LogP contribution < -0.4 is 5.32 Å². The Hall–Kier alpha value is -0.370. The van der Waals surface area contributed by atoms with Crippen LogP contribution in [0.15, 0.2) is 0 Å². The van der Waals surface area contributed by atoms with E-state index in [9.17, 15) is 4.79 Å². The fourth-order valence-corrected chi connectivity index (χ4v) is 1.08. The molecule has 1 N–H and O–H groups in total. The molecule has 74 valence electrons. The molecule has 0 aliphatic heterocycles. The van der Waals surface area contributed by atoms with Crippen LogP contribution in [0.1, 0.15) is 42.0 Å². The van der Waals surface area contributed by atoms with Crippen molar-refractivity contribution < 1.29 is 4.79 Å². The van der Waals surface area contributed by atoms with Gasteiger partial charge in [-0.05, 0) is 6.92 Å². The standard InChI is InChI=1S/C9H19NO.CH4/c1-6(2)9(11)8(5)10-7(3)4;/h6-8,10H,1-5H3;1H4. The molecule has 2 nitrogen and oxygen atoms in total. The van der Waals surface area contributed by atoms with Crippen molar-refractivity contribution in [2.75, 3.05) is 0 Å². The molecule has 0 heterocycles. The van der Waals surface area contributed by atoms with Crippen LogP contribution in [0.3, 0.4) is 0 Å². The first-order valence-electron chi connectivity index (χ1n) is 4.25. The number of Topliss-reactive ketones (excluding diaryl/α,β-unsaturated/α-hetero) is 1. The van der Waals surface area contributed by atoms with E-state index in [0.29, 0.717) is 11.8 Å². The highest BCUT2D eigenvalue weighted by Crippen LogP contribution is 1.99. The van der Waals surface area contributed by atoms with Crippen LogP contribution in [0, 0.1) is 5.92 Å². The second-order valence-corrected chi connectivity index (χ2v) is 3.60. The van der Waals surface area contributed by atoms with E-state index in [-0.39, 0.29) is 19.4 Å². The zero-order valence-corrected chi connectivity index (χ0v) is 8.14. The Bertz CT molecular complexity index is 130. The molecule has 1 atom stereocenters. The van der Waals surface area contributed by atoms with Crippen molar-refractivity contribution in [3.63, 3.8) is 0 Å². The molecule has 0 spiro atoms. The van der Waals surface area contributed by atoms with Crippen molar-refractivity contribution in [1.82, 2.24) is 5.32 Å². The molecule has 0 aliphatic rings. The number of ketones is 1. The summed E-state index contributed by atoms with van der Waals surface area (Å²) in [5.41, 5.74) is 0. The van der Waals surface area contributed by atoms with E-state index >= 15 is 0 Å². The van der Waals surface area contributed by atoms with Gasteiger partial charge < -0.3 is 5.32 Å². The molecule has 1 unspecified atom stereocenters. The SMILES string of the molecule is C.CC(C)NC(C)C(=O)C(C)C. The molecule has 0 aliphatic carbocycles. The Morgan fingerprint density at radius 2 is 1.50 bits per heavy atom. The minimum absolute atomic E-state index is 0. The molecule has 0 saturated carbocycles. The van der Waals surface area contributed by atoms with Crippen molar-refractivity contribution in [2.24, 2.45) is 5.92 Å². The maximum Gasteiger partial charge on any atom is 0.151 e. The minimum Gasteiger partial charge on any atom is -0.305 e. The van der Waals surface area contributed by atoms with Gasteiger partial charge in [0.15, 0.2) is 5.78 Å². The number of hydrogen-bond acceptors (Lipinski definition) is 2. The van der Waals surface area contributed by atoms with Gasteiger partial charge in [0.1, 0.15) is 0 Å². The Balaban J connectivity index is 0. The minimum atomic E-state index is -0.00463. The first-order valence-corrected chi connectivity index (χ1v) is 4.25. The van der Waals surface area contributed by atoms with Gasteiger partial charge in [-0.15, -0.1) is 0 Å². The summed E-state index contributed by atoms with van der Waals surface area (Å²) in [5, 5.41) is 3.17. The highest BCUT2D eigenvalue weighted by Gasteiger charge is 2.15. The predicted molar refractivity (Wildman–Crippen MR) is 54.3 cm³/mol. The maximum absolute atomic E-state index is 11.3. The van der Waals surface area contributed by atoms with E-state index in [4.69, 9.17) is 0 Å². The Kier molecular flexibility index (Phi) is 7.30. The van der Waals surface area contributed by atoms with Crippen molar-refractivity contribution >= 4 is 5.78 Å². The maximum atomic E-state index is 11.3. The molecule has 0 aromatic heterocycles. The molecular formula is C10H23NO. The lowest BCUT2D eigenvalue weighted by atomic mass is 10.0. The fraction of sp³-hybridized carbons (Fsp3) is 0.900. The predicted octanol–water partition coefficient (Wildman–Crippen LogP) is 2.23. The summed E-state index contributed by atoms with van der Waals surface area (Å²) in [6.07, 6.45) is 0. The summed E-state index contributed by atoms with van der Waals surface area (Å²) < 4.78 is 0. The molecular weight excluding hydrogens is 150 g/mol. The van der Waals surface area contributed by atoms with E-state index in [2.05, 4.69) is 5.32 Å².